The maximum absolute atomic E-state index is 13.1. The first kappa shape index (κ1) is 23.3. The second-order valence-corrected chi connectivity index (χ2v) is 8.98. The van der Waals surface area contributed by atoms with E-state index in [9.17, 15) is 9.59 Å². The third-order valence-electron chi connectivity index (χ3n) is 5.81. The highest BCUT2D eigenvalue weighted by molar-refractivity contribution is 6.35. The van der Waals surface area contributed by atoms with Crippen molar-refractivity contribution in [3.8, 4) is 22.7 Å². The van der Waals surface area contributed by atoms with Gasteiger partial charge in [0.05, 0.1) is 16.4 Å². The summed E-state index contributed by atoms with van der Waals surface area (Å²) in [5.74, 6) is -0.0428. The average molecular weight is 486 g/mol. The molecule has 1 heterocycles. The van der Waals surface area contributed by atoms with E-state index in [0.29, 0.717) is 33.6 Å². The summed E-state index contributed by atoms with van der Waals surface area (Å²) >= 11 is 12.6. The Bertz CT molecular complexity index is 1180. The number of halogens is 2. The van der Waals surface area contributed by atoms with E-state index in [1.165, 1.54) is 0 Å². The summed E-state index contributed by atoms with van der Waals surface area (Å²) in [7, 11) is 0. The highest BCUT2D eigenvalue weighted by Gasteiger charge is 2.26. The van der Waals surface area contributed by atoms with Crippen molar-refractivity contribution in [2.24, 2.45) is 0 Å². The monoisotopic (exact) mass is 485 g/mol. The highest BCUT2D eigenvalue weighted by Crippen LogP contribution is 2.33. The first-order valence-electron chi connectivity index (χ1n) is 11.0. The maximum atomic E-state index is 13.1. The van der Waals surface area contributed by atoms with Crippen LogP contribution in [0.4, 0.5) is 0 Å². The Balaban J connectivity index is 1.77. The Labute approximate surface area is 202 Å². The molecule has 1 aromatic heterocycles. The summed E-state index contributed by atoms with van der Waals surface area (Å²) in [5, 5.41) is 8.71. The smallest absolute Gasteiger partial charge is 0.310 e. The van der Waals surface area contributed by atoms with Crippen molar-refractivity contribution in [1.82, 2.24) is 15.1 Å². The zero-order valence-corrected chi connectivity index (χ0v) is 20.0. The molecule has 4 rings (SSSR count). The van der Waals surface area contributed by atoms with Crippen molar-refractivity contribution in [1.29, 1.82) is 0 Å². The Morgan fingerprint density at radius 2 is 1.82 bits per heavy atom. The van der Waals surface area contributed by atoms with Crippen LogP contribution in [0.15, 0.2) is 42.5 Å². The summed E-state index contributed by atoms with van der Waals surface area (Å²) in [4.78, 5) is 24.7. The lowest BCUT2D eigenvalue weighted by Gasteiger charge is -2.11. The number of amides is 1. The van der Waals surface area contributed by atoms with E-state index in [1.807, 2.05) is 19.1 Å². The van der Waals surface area contributed by atoms with Crippen LogP contribution in [0.2, 0.25) is 10.0 Å². The van der Waals surface area contributed by atoms with E-state index in [1.54, 1.807) is 41.9 Å². The molecule has 0 aliphatic heterocycles. The molecule has 33 heavy (non-hydrogen) atoms. The van der Waals surface area contributed by atoms with Gasteiger partial charge in [-0.3, -0.25) is 9.59 Å². The molecule has 6 nitrogen and oxygen atoms in total. The van der Waals surface area contributed by atoms with Crippen molar-refractivity contribution < 1.29 is 14.3 Å². The Morgan fingerprint density at radius 1 is 1.12 bits per heavy atom. The molecule has 1 aliphatic rings. The van der Waals surface area contributed by atoms with Crippen LogP contribution in [-0.4, -0.2) is 27.7 Å². The lowest BCUT2D eigenvalue weighted by atomic mass is 10.1. The number of hydrogen-bond acceptors (Lipinski definition) is 4. The van der Waals surface area contributed by atoms with Gasteiger partial charge >= 0.3 is 5.97 Å². The van der Waals surface area contributed by atoms with Gasteiger partial charge in [0.2, 0.25) is 0 Å². The van der Waals surface area contributed by atoms with Crippen LogP contribution in [0.25, 0.3) is 16.9 Å². The van der Waals surface area contributed by atoms with Crippen LogP contribution in [0, 0.1) is 6.92 Å². The van der Waals surface area contributed by atoms with Gasteiger partial charge in [-0.05, 0) is 62.2 Å². The van der Waals surface area contributed by atoms with E-state index < -0.39 is 0 Å². The van der Waals surface area contributed by atoms with Crippen molar-refractivity contribution in [3.05, 3.63) is 63.8 Å². The van der Waals surface area contributed by atoms with Crippen LogP contribution in [0.5, 0.6) is 5.75 Å². The van der Waals surface area contributed by atoms with Crippen molar-refractivity contribution in [2.75, 3.05) is 0 Å². The normalized spacial score (nSPS) is 13.8. The fourth-order valence-corrected chi connectivity index (χ4v) is 4.57. The molecule has 0 spiro atoms. The fourth-order valence-electron chi connectivity index (χ4n) is 4.09. The minimum Gasteiger partial charge on any atom is -0.427 e. The molecule has 172 valence electrons. The van der Waals surface area contributed by atoms with E-state index in [4.69, 9.17) is 27.9 Å². The second-order valence-electron chi connectivity index (χ2n) is 8.14. The number of nitrogens with one attached hydrogen (secondary N) is 1. The molecular formula is C25H25Cl2N3O3. The van der Waals surface area contributed by atoms with Crippen molar-refractivity contribution in [2.45, 2.75) is 52.0 Å². The molecule has 0 radical (unpaired) electrons. The first-order valence-corrected chi connectivity index (χ1v) is 11.8. The van der Waals surface area contributed by atoms with Crippen LogP contribution < -0.4 is 10.1 Å². The largest absolute Gasteiger partial charge is 0.427 e. The van der Waals surface area contributed by atoms with Crippen molar-refractivity contribution in [3.63, 3.8) is 0 Å². The molecule has 1 N–H and O–H groups in total. The topological polar surface area (TPSA) is 73.2 Å². The summed E-state index contributed by atoms with van der Waals surface area (Å²) in [5.41, 5.74) is 3.23. The Hall–Kier alpha value is -2.83. The minimum absolute atomic E-state index is 0.178. The lowest BCUT2D eigenvalue weighted by Crippen LogP contribution is -2.33. The van der Waals surface area contributed by atoms with Gasteiger partial charge in [0, 0.05) is 28.6 Å². The van der Waals surface area contributed by atoms with E-state index in [-0.39, 0.29) is 17.9 Å². The van der Waals surface area contributed by atoms with Gasteiger partial charge in [-0.1, -0.05) is 43.0 Å². The predicted molar refractivity (Wildman–Crippen MR) is 129 cm³/mol. The van der Waals surface area contributed by atoms with Gasteiger partial charge in [0.1, 0.15) is 5.75 Å². The summed E-state index contributed by atoms with van der Waals surface area (Å²) in [6, 6.07) is 12.4. The molecule has 1 amide bonds. The summed E-state index contributed by atoms with van der Waals surface area (Å²) < 4.78 is 6.96. The summed E-state index contributed by atoms with van der Waals surface area (Å²) in [6.45, 7) is 3.61. The maximum Gasteiger partial charge on any atom is 0.310 e. The quantitative estimate of drug-likeness (QED) is 0.336. The van der Waals surface area contributed by atoms with Gasteiger partial charge in [-0.2, -0.15) is 5.10 Å². The minimum atomic E-state index is -0.303. The fraction of sp³-hybridized carbons (Fsp3) is 0.320. The molecule has 1 fully saturated rings. The van der Waals surface area contributed by atoms with Crippen LogP contribution >= 0.6 is 23.2 Å². The molecule has 0 atom stereocenters. The van der Waals surface area contributed by atoms with Crippen LogP contribution in [-0.2, 0) is 4.79 Å². The zero-order valence-electron chi connectivity index (χ0n) is 18.5. The SMILES string of the molecule is CCC(=O)Oc1ccc(-c2c(C)c(C(=O)NC3CCCC3)nn2-c2ccc(Cl)cc2Cl)cc1. The van der Waals surface area contributed by atoms with Gasteiger partial charge < -0.3 is 10.1 Å². The summed E-state index contributed by atoms with van der Waals surface area (Å²) in [6.07, 6.45) is 4.51. The molecule has 0 saturated heterocycles. The van der Waals surface area contributed by atoms with Crippen LogP contribution in [0.3, 0.4) is 0 Å². The number of hydrogen-bond donors (Lipinski definition) is 1. The van der Waals surface area contributed by atoms with E-state index in [0.717, 1.165) is 42.5 Å². The third-order valence-corrected chi connectivity index (χ3v) is 6.35. The number of aromatic nitrogens is 2. The molecule has 0 unspecified atom stereocenters. The van der Waals surface area contributed by atoms with Gasteiger partial charge in [0.25, 0.3) is 5.91 Å². The highest BCUT2D eigenvalue weighted by atomic mass is 35.5. The molecule has 0 bridgehead atoms. The van der Waals surface area contributed by atoms with E-state index >= 15 is 0 Å². The van der Waals surface area contributed by atoms with Crippen LogP contribution in [0.1, 0.15) is 55.1 Å². The van der Waals surface area contributed by atoms with E-state index in [2.05, 4.69) is 10.4 Å². The standard InChI is InChI=1S/C25H25Cl2N3O3/c1-3-22(31)33-19-11-8-16(9-12-19)24-15(2)23(25(32)28-18-6-4-5-7-18)29-30(24)21-13-10-17(26)14-20(21)27/h8-14,18H,3-7H2,1-2H3,(H,28,32). The number of carbonyl (C=O) groups excluding carboxylic acids is 2. The van der Waals surface area contributed by atoms with Gasteiger partial charge in [-0.15, -0.1) is 0 Å². The molecule has 3 aromatic rings. The average Bonchev–Trinajstić information content (AvgIpc) is 3.42. The number of esters is 1. The molecule has 8 heteroatoms. The molecule has 1 aliphatic carbocycles. The lowest BCUT2D eigenvalue weighted by molar-refractivity contribution is -0.134. The first-order chi connectivity index (χ1) is 15.9. The number of benzene rings is 2. The molecule has 1 saturated carbocycles. The predicted octanol–water partition coefficient (Wildman–Crippen LogP) is 6.14. The second kappa shape index (κ2) is 9.98. The van der Waals surface area contributed by atoms with Gasteiger partial charge in [0.15, 0.2) is 5.69 Å². The molecular weight excluding hydrogens is 461 g/mol. The van der Waals surface area contributed by atoms with Gasteiger partial charge in [-0.25, -0.2) is 4.68 Å². The Morgan fingerprint density at radius 3 is 2.45 bits per heavy atom. The number of nitrogens with zero attached hydrogens (tertiary/aromatic N) is 2. The Kier molecular flexibility index (Phi) is 7.05. The van der Waals surface area contributed by atoms with Crippen molar-refractivity contribution >= 4 is 35.1 Å². The number of carbonyl (C=O) groups is 2. The third kappa shape index (κ3) is 5.07. The number of ether oxygens (including phenoxy) is 1. The number of rotatable bonds is 6. The molecule has 2 aromatic carbocycles. The zero-order chi connectivity index (χ0) is 23.5.